The van der Waals surface area contributed by atoms with E-state index < -0.39 is 23.8 Å². The van der Waals surface area contributed by atoms with Crippen LogP contribution in [0, 0.1) is 10.1 Å². The van der Waals surface area contributed by atoms with Gasteiger partial charge < -0.3 is 9.47 Å². The Morgan fingerprint density at radius 3 is 2.54 bits per heavy atom. The third-order valence-electron chi connectivity index (χ3n) is 2.63. The fraction of sp³-hybridized carbons (Fsp3) is 0.231. The maximum atomic E-state index is 12.2. The third kappa shape index (κ3) is 5.26. The molecule has 0 spiro atoms. The maximum Gasteiger partial charge on any atom is 0.514 e. The molecule has 0 fully saturated rings. The average Bonchev–Trinajstić information content (AvgIpc) is 2.91. The van der Waals surface area contributed by atoms with Crippen molar-refractivity contribution in [3.05, 3.63) is 52.3 Å². The zero-order valence-electron chi connectivity index (χ0n) is 11.9. The van der Waals surface area contributed by atoms with Crippen LogP contribution >= 0.6 is 0 Å². The van der Waals surface area contributed by atoms with Gasteiger partial charge >= 0.3 is 12.3 Å². The van der Waals surface area contributed by atoms with Crippen LogP contribution in [0.1, 0.15) is 5.56 Å². The molecule has 0 saturated carbocycles. The van der Waals surface area contributed by atoms with Crippen molar-refractivity contribution in [1.82, 2.24) is 9.78 Å². The summed E-state index contributed by atoms with van der Waals surface area (Å²) in [6.45, 7) is -1.58. The van der Waals surface area contributed by atoms with E-state index in [1.54, 1.807) is 0 Å². The van der Waals surface area contributed by atoms with E-state index in [0.717, 1.165) is 24.5 Å². The highest BCUT2D eigenvalue weighted by Gasteiger charge is 2.28. The second-order valence-corrected chi connectivity index (χ2v) is 4.55. The molecule has 1 aromatic heterocycles. The molecule has 11 heteroatoms. The number of nitro benzene ring substituents is 1. The minimum absolute atomic E-state index is 0.0263. The van der Waals surface area contributed by atoms with E-state index in [1.807, 2.05) is 0 Å². The number of hydrogen-bond donors (Lipinski definition) is 0. The van der Waals surface area contributed by atoms with Crippen LogP contribution in [0.2, 0.25) is 0 Å². The SMILES string of the molecule is O=C(OCc1cnn(CC(F)(F)F)c1)Oc1ccc([N+](=O)[O-])cc1. The summed E-state index contributed by atoms with van der Waals surface area (Å²) in [5.74, 6) is 0.0263. The lowest BCUT2D eigenvalue weighted by Crippen LogP contribution is -2.17. The van der Waals surface area contributed by atoms with Crippen molar-refractivity contribution in [3.8, 4) is 5.75 Å². The number of aromatic nitrogens is 2. The third-order valence-corrected chi connectivity index (χ3v) is 2.63. The number of halogens is 3. The molecule has 0 saturated heterocycles. The number of hydrogen-bond acceptors (Lipinski definition) is 6. The summed E-state index contributed by atoms with van der Waals surface area (Å²) in [6, 6.07) is 4.70. The molecule has 0 atom stereocenters. The Morgan fingerprint density at radius 1 is 1.29 bits per heavy atom. The Balaban J connectivity index is 1.84. The first-order chi connectivity index (χ1) is 11.2. The van der Waals surface area contributed by atoms with Gasteiger partial charge in [0.15, 0.2) is 0 Å². The second kappa shape index (κ2) is 6.98. The molecule has 24 heavy (non-hydrogen) atoms. The first kappa shape index (κ1) is 17.2. The summed E-state index contributed by atoms with van der Waals surface area (Å²) < 4.78 is 46.7. The number of carbonyl (C=O) groups is 1. The van der Waals surface area contributed by atoms with Crippen molar-refractivity contribution in [3.63, 3.8) is 0 Å². The minimum Gasteiger partial charge on any atom is -0.429 e. The molecule has 1 aromatic carbocycles. The molecular weight excluding hydrogens is 335 g/mol. The van der Waals surface area contributed by atoms with E-state index in [1.165, 1.54) is 12.1 Å². The number of nitro groups is 1. The molecule has 128 valence electrons. The normalized spacial score (nSPS) is 11.1. The monoisotopic (exact) mass is 345 g/mol. The second-order valence-electron chi connectivity index (χ2n) is 4.55. The summed E-state index contributed by atoms with van der Waals surface area (Å²) in [6.07, 6.45) is -3.29. The lowest BCUT2D eigenvalue weighted by Gasteiger charge is -2.05. The molecule has 2 rings (SSSR count). The summed E-state index contributed by atoms with van der Waals surface area (Å²) in [4.78, 5) is 21.3. The van der Waals surface area contributed by atoms with Gasteiger partial charge in [0.25, 0.3) is 5.69 Å². The van der Waals surface area contributed by atoms with E-state index in [0.29, 0.717) is 4.68 Å². The number of carbonyl (C=O) groups excluding carboxylic acids is 1. The van der Waals surface area contributed by atoms with Crippen molar-refractivity contribution < 1.29 is 32.4 Å². The number of alkyl halides is 3. The van der Waals surface area contributed by atoms with Crippen LogP contribution in [-0.2, 0) is 17.9 Å². The molecule has 0 aliphatic heterocycles. The van der Waals surface area contributed by atoms with Crippen molar-refractivity contribution in [2.24, 2.45) is 0 Å². The number of rotatable bonds is 5. The molecule has 0 bridgehead atoms. The van der Waals surface area contributed by atoms with Crippen LogP contribution in [0.5, 0.6) is 5.75 Å². The molecule has 8 nitrogen and oxygen atoms in total. The van der Waals surface area contributed by atoms with Crippen molar-refractivity contribution in [2.75, 3.05) is 0 Å². The van der Waals surface area contributed by atoms with E-state index in [2.05, 4.69) is 5.10 Å². The highest BCUT2D eigenvalue weighted by atomic mass is 19.4. The molecule has 1 heterocycles. The lowest BCUT2D eigenvalue weighted by molar-refractivity contribution is -0.384. The average molecular weight is 345 g/mol. The Labute approximate surface area is 132 Å². The number of non-ortho nitro benzene ring substituents is 1. The molecule has 0 radical (unpaired) electrons. The van der Waals surface area contributed by atoms with Crippen molar-refractivity contribution in [2.45, 2.75) is 19.3 Å². The molecular formula is C13H10F3N3O5. The molecule has 0 aliphatic rings. The van der Waals surface area contributed by atoms with E-state index >= 15 is 0 Å². The van der Waals surface area contributed by atoms with Crippen LogP contribution in [0.4, 0.5) is 23.7 Å². The van der Waals surface area contributed by atoms with Gasteiger partial charge in [-0.3, -0.25) is 14.8 Å². The summed E-state index contributed by atoms with van der Waals surface area (Å²) in [7, 11) is 0. The van der Waals surface area contributed by atoms with Gasteiger partial charge in [-0.15, -0.1) is 0 Å². The van der Waals surface area contributed by atoms with Gasteiger partial charge in [-0.25, -0.2) is 4.79 Å². The largest absolute Gasteiger partial charge is 0.514 e. The number of benzene rings is 1. The first-order valence-corrected chi connectivity index (χ1v) is 6.40. The first-order valence-electron chi connectivity index (χ1n) is 6.40. The van der Waals surface area contributed by atoms with Crippen molar-refractivity contribution in [1.29, 1.82) is 0 Å². The molecule has 0 amide bonds. The van der Waals surface area contributed by atoms with Crippen molar-refractivity contribution >= 4 is 11.8 Å². The van der Waals surface area contributed by atoms with E-state index in [-0.39, 0.29) is 23.6 Å². The molecule has 2 aromatic rings. The Morgan fingerprint density at radius 2 is 1.96 bits per heavy atom. The quantitative estimate of drug-likeness (QED) is 0.358. The standard InChI is InChI=1S/C13H10F3N3O5/c14-13(15,16)8-18-6-9(5-17-18)7-23-12(20)24-11-3-1-10(2-4-11)19(21)22/h1-6H,7-8H2. The Hall–Kier alpha value is -3.11. The van der Waals surface area contributed by atoms with Gasteiger partial charge in [-0.1, -0.05) is 0 Å². The van der Waals surface area contributed by atoms with Gasteiger partial charge in [0, 0.05) is 23.9 Å². The van der Waals surface area contributed by atoms with Gasteiger partial charge in [0.2, 0.25) is 0 Å². The number of ether oxygens (including phenoxy) is 2. The fourth-order valence-corrected chi connectivity index (χ4v) is 1.65. The van der Waals surface area contributed by atoms with E-state index in [9.17, 15) is 28.1 Å². The van der Waals surface area contributed by atoms with Crippen LogP contribution in [0.3, 0.4) is 0 Å². The predicted octanol–water partition coefficient (Wildman–Crippen LogP) is 3.07. The van der Waals surface area contributed by atoms with Crippen LogP contribution in [-0.4, -0.2) is 27.0 Å². The van der Waals surface area contributed by atoms with Crippen LogP contribution in [0.15, 0.2) is 36.7 Å². The summed E-state index contributed by atoms with van der Waals surface area (Å²) in [5.41, 5.74) is 0.0766. The lowest BCUT2D eigenvalue weighted by atomic mass is 10.3. The van der Waals surface area contributed by atoms with Gasteiger partial charge in [-0.2, -0.15) is 18.3 Å². The van der Waals surface area contributed by atoms with Gasteiger partial charge in [-0.05, 0) is 12.1 Å². The van der Waals surface area contributed by atoms with Gasteiger partial charge in [0.05, 0.1) is 11.1 Å². The fourth-order valence-electron chi connectivity index (χ4n) is 1.65. The molecule has 0 N–H and O–H groups in total. The van der Waals surface area contributed by atoms with E-state index in [4.69, 9.17) is 9.47 Å². The highest BCUT2D eigenvalue weighted by Crippen LogP contribution is 2.19. The minimum atomic E-state index is -4.40. The predicted molar refractivity (Wildman–Crippen MR) is 72.2 cm³/mol. The zero-order valence-corrected chi connectivity index (χ0v) is 11.9. The smallest absolute Gasteiger partial charge is 0.429 e. The summed E-state index contributed by atoms with van der Waals surface area (Å²) >= 11 is 0. The highest BCUT2D eigenvalue weighted by molar-refractivity contribution is 5.64. The van der Waals surface area contributed by atoms with Crippen LogP contribution in [0.25, 0.3) is 0 Å². The number of nitrogens with zero attached hydrogens (tertiary/aromatic N) is 3. The molecule has 0 unspecified atom stereocenters. The topological polar surface area (TPSA) is 96.5 Å². The van der Waals surface area contributed by atoms with Gasteiger partial charge in [0.1, 0.15) is 18.9 Å². The maximum absolute atomic E-state index is 12.2. The molecule has 0 aliphatic carbocycles. The zero-order chi connectivity index (χ0) is 17.7. The Bertz CT molecular complexity index is 727. The van der Waals surface area contributed by atoms with Crippen LogP contribution < -0.4 is 4.74 Å². The summed E-state index contributed by atoms with van der Waals surface area (Å²) in [5, 5.41) is 14.0. The Kier molecular flexibility index (Phi) is 5.02.